The van der Waals surface area contributed by atoms with Crippen molar-refractivity contribution in [2.24, 2.45) is 0 Å². The van der Waals surface area contributed by atoms with Crippen molar-refractivity contribution < 1.29 is 19.0 Å². The second kappa shape index (κ2) is 7.67. The van der Waals surface area contributed by atoms with Gasteiger partial charge in [-0.05, 0) is 29.8 Å². The van der Waals surface area contributed by atoms with Crippen molar-refractivity contribution >= 4 is 17.9 Å². The summed E-state index contributed by atoms with van der Waals surface area (Å²) in [4.78, 5) is 11.1. The number of halogens is 1. The van der Waals surface area contributed by atoms with Gasteiger partial charge in [0.1, 0.15) is 6.61 Å². The molecule has 2 aromatic carbocycles. The van der Waals surface area contributed by atoms with Gasteiger partial charge in [0.2, 0.25) is 0 Å². The lowest BCUT2D eigenvalue weighted by Gasteiger charge is -2.14. The standard InChI is InChI=1S/C16H15ClO4/c1-19-11-21-16-13(9-18)3-2-4-15(16)20-10-12-5-7-14(17)8-6-12/h2-9H,10-11H2,1H3. The molecule has 4 nitrogen and oxygen atoms in total. The molecule has 2 aromatic rings. The predicted molar refractivity (Wildman–Crippen MR) is 80.1 cm³/mol. The first-order valence-electron chi connectivity index (χ1n) is 6.31. The highest BCUT2D eigenvalue weighted by molar-refractivity contribution is 6.30. The normalized spacial score (nSPS) is 10.2. The smallest absolute Gasteiger partial charge is 0.188 e. The molecule has 0 aliphatic rings. The van der Waals surface area contributed by atoms with Crippen LogP contribution in [-0.4, -0.2) is 20.2 Å². The average molecular weight is 307 g/mol. The zero-order valence-electron chi connectivity index (χ0n) is 11.5. The molecule has 0 saturated carbocycles. The Morgan fingerprint density at radius 2 is 1.86 bits per heavy atom. The third-order valence-corrected chi connectivity index (χ3v) is 3.02. The number of para-hydroxylation sites is 1. The van der Waals surface area contributed by atoms with Gasteiger partial charge in [-0.15, -0.1) is 0 Å². The summed E-state index contributed by atoms with van der Waals surface area (Å²) in [6, 6.07) is 12.5. The van der Waals surface area contributed by atoms with Gasteiger partial charge in [-0.2, -0.15) is 0 Å². The molecule has 0 saturated heterocycles. The number of hydrogen-bond donors (Lipinski definition) is 0. The van der Waals surface area contributed by atoms with Crippen LogP contribution in [0.25, 0.3) is 0 Å². The van der Waals surface area contributed by atoms with Crippen LogP contribution in [0.2, 0.25) is 5.02 Å². The molecule has 0 N–H and O–H groups in total. The van der Waals surface area contributed by atoms with E-state index in [1.807, 2.05) is 12.1 Å². The van der Waals surface area contributed by atoms with Crippen molar-refractivity contribution in [1.29, 1.82) is 0 Å². The Labute approximate surface area is 128 Å². The van der Waals surface area contributed by atoms with Crippen molar-refractivity contribution in [3.8, 4) is 11.5 Å². The minimum atomic E-state index is 0.0438. The summed E-state index contributed by atoms with van der Waals surface area (Å²) < 4.78 is 16.0. The van der Waals surface area contributed by atoms with Crippen molar-refractivity contribution in [2.45, 2.75) is 6.61 Å². The predicted octanol–water partition coefficient (Wildman–Crippen LogP) is 3.71. The minimum Gasteiger partial charge on any atom is -0.485 e. The zero-order chi connectivity index (χ0) is 15.1. The average Bonchev–Trinajstić information content (AvgIpc) is 2.52. The number of benzene rings is 2. The Balaban J connectivity index is 2.14. The van der Waals surface area contributed by atoms with Crippen LogP contribution in [0.5, 0.6) is 11.5 Å². The summed E-state index contributed by atoms with van der Waals surface area (Å²) in [5.74, 6) is 0.870. The number of hydrogen-bond acceptors (Lipinski definition) is 4. The molecule has 0 heterocycles. The Morgan fingerprint density at radius 3 is 2.52 bits per heavy atom. The maximum absolute atomic E-state index is 11.1. The van der Waals surface area contributed by atoms with E-state index in [1.165, 1.54) is 7.11 Å². The van der Waals surface area contributed by atoms with Gasteiger partial charge < -0.3 is 14.2 Å². The summed E-state index contributed by atoms with van der Waals surface area (Å²) in [5, 5.41) is 0.672. The summed E-state index contributed by atoms with van der Waals surface area (Å²) in [6.07, 6.45) is 0.722. The van der Waals surface area contributed by atoms with Crippen LogP contribution in [0.4, 0.5) is 0 Å². The molecular weight excluding hydrogens is 292 g/mol. The quantitative estimate of drug-likeness (QED) is 0.578. The first-order valence-corrected chi connectivity index (χ1v) is 6.69. The fourth-order valence-corrected chi connectivity index (χ4v) is 1.88. The largest absolute Gasteiger partial charge is 0.485 e. The van der Waals surface area contributed by atoms with Gasteiger partial charge in [0.05, 0.1) is 5.56 Å². The van der Waals surface area contributed by atoms with Crippen LogP contribution < -0.4 is 9.47 Å². The van der Waals surface area contributed by atoms with Gasteiger partial charge in [-0.25, -0.2) is 0 Å². The Bertz CT molecular complexity index is 596. The molecule has 21 heavy (non-hydrogen) atoms. The van der Waals surface area contributed by atoms with Crippen molar-refractivity contribution in [3.05, 3.63) is 58.6 Å². The van der Waals surface area contributed by atoms with E-state index in [4.69, 9.17) is 25.8 Å². The van der Waals surface area contributed by atoms with Gasteiger partial charge in [0, 0.05) is 12.1 Å². The molecule has 0 amide bonds. The van der Waals surface area contributed by atoms with Gasteiger partial charge >= 0.3 is 0 Å². The fourth-order valence-electron chi connectivity index (χ4n) is 1.75. The first kappa shape index (κ1) is 15.4. The van der Waals surface area contributed by atoms with Crippen LogP contribution in [0.3, 0.4) is 0 Å². The van der Waals surface area contributed by atoms with Gasteiger partial charge in [0.25, 0.3) is 0 Å². The third-order valence-electron chi connectivity index (χ3n) is 2.77. The monoisotopic (exact) mass is 306 g/mol. The molecule has 110 valence electrons. The van der Waals surface area contributed by atoms with Crippen LogP contribution in [0.15, 0.2) is 42.5 Å². The van der Waals surface area contributed by atoms with E-state index in [2.05, 4.69) is 0 Å². The van der Waals surface area contributed by atoms with E-state index >= 15 is 0 Å². The number of rotatable bonds is 7. The minimum absolute atomic E-state index is 0.0438. The molecule has 0 aliphatic carbocycles. The van der Waals surface area contributed by atoms with E-state index in [0.717, 1.165) is 11.8 Å². The molecule has 0 atom stereocenters. The maximum atomic E-state index is 11.1. The Morgan fingerprint density at radius 1 is 1.10 bits per heavy atom. The second-order valence-corrected chi connectivity index (χ2v) is 4.69. The number of carbonyl (C=O) groups is 1. The number of methoxy groups -OCH3 is 1. The molecule has 0 unspecified atom stereocenters. The van der Waals surface area contributed by atoms with Gasteiger partial charge in [-0.3, -0.25) is 4.79 Å². The molecular formula is C16H15ClO4. The lowest BCUT2D eigenvalue weighted by Crippen LogP contribution is -2.05. The maximum Gasteiger partial charge on any atom is 0.188 e. The van der Waals surface area contributed by atoms with Crippen LogP contribution >= 0.6 is 11.6 Å². The van der Waals surface area contributed by atoms with Crippen LogP contribution in [0.1, 0.15) is 15.9 Å². The molecule has 0 aromatic heterocycles. The second-order valence-electron chi connectivity index (χ2n) is 4.26. The van der Waals surface area contributed by atoms with Crippen molar-refractivity contribution in [1.82, 2.24) is 0 Å². The highest BCUT2D eigenvalue weighted by atomic mass is 35.5. The summed E-state index contributed by atoms with van der Waals surface area (Å²) in [5.41, 5.74) is 1.38. The topological polar surface area (TPSA) is 44.8 Å². The Kier molecular flexibility index (Phi) is 5.60. The van der Waals surface area contributed by atoms with Crippen LogP contribution in [-0.2, 0) is 11.3 Å². The highest BCUT2D eigenvalue weighted by Gasteiger charge is 2.11. The van der Waals surface area contributed by atoms with E-state index < -0.39 is 0 Å². The molecule has 0 aliphatic heterocycles. The van der Waals surface area contributed by atoms with Crippen LogP contribution in [0, 0.1) is 0 Å². The number of aldehydes is 1. The molecule has 5 heteroatoms. The SMILES string of the molecule is COCOc1c(C=O)cccc1OCc1ccc(Cl)cc1. The van der Waals surface area contributed by atoms with Crippen molar-refractivity contribution in [3.63, 3.8) is 0 Å². The van der Waals surface area contributed by atoms with E-state index in [1.54, 1.807) is 30.3 Å². The molecule has 0 spiro atoms. The number of ether oxygens (including phenoxy) is 3. The molecule has 0 bridgehead atoms. The lowest BCUT2D eigenvalue weighted by atomic mass is 10.2. The first-order chi connectivity index (χ1) is 10.2. The highest BCUT2D eigenvalue weighted by Crippen LogP contribution is 2.31. The summed E-state index contributed by atoms with van der Waals surface area (Å²) >= 11 is 5.84. The number of carbonyl (C=O) groups excluding carboxylic acids is 1. The van der Waals surface area contributed by atoms with E-state index in [0.29, 0.717) is 28.7 Å². The van der Waals surface area contributed by atoms with Crippen molar-refractivity contribution in [2.75, 3.05) is 13.9 Å². The van der Waals surface area contributed by atoms with Gasteiger partial charge in [-0.1, -0.05) is 29.8 Å². The van der Waals surface area contributed by atoms with E-state index in [-0.39, 0.29) is 6.79 Å². The molecule has 0 radical (unpaired) electrons. The zero-order valence-corrected chi connectivity index (χ0v) is 12.3. The third kappa shape index (κ3) is 4.21. The Hall–Kier alpha value is -2.04. The summed E-state index contributed by atoms with van der Waals surface area (Å²) in [7, 11) is 1.51. The lowest BCUT2D eigenvalue weighted by molar-refractivity contribution is 0.0478. The molecule has 0 fully saturated rings. The molecule has 2 rings (SSSR count). The summed E-state index contributed by atoms with van der Waals surface area (Å²) in [6.45, 7) is 0.394. The van der Waals surface area contributed by atoms with E-state index in [9.17, 15) is 4.79 Å². The fraction of sp³-hybridized carbons (Fsp3) is 0.188. The van der Waals surface area contributed by atoms with Gasteiger partial charge in [0.15, 0.2) is 24.6 Å².